The minimum absolute atomic E-state index is 0.0345. The molecule has 118 valence electrons. The van der Waals surface area contributed by atoms with Gasteiger partial charge in [0, 0.05) is 0 Å². The van der Waals surface area contributed by atoms with Crippen LogP contribution in [0.15, 0.2) is 36.1 Å². The first-order chi connectivity index (χ1) is 10.4. The van der Waals surface area contributed by atoms with E-state index in [1.807, 2.05) is 30.3 Å². The quantitative estimate of drug-likeness (QED) is 0.802. The Morgan fingerprint density at radius 3 is 2.55 bits per heavy atom. The summed E-state index contributed by atoms with van der Waals surface area (Å²) in [4.78, 5) is 26.4. The van der Waals surface area contributed by atoms with Gasteiger partial charge in [-0.15, -0.1) is 0 Å². The fourth-order valence-electron chi connectivity index (χ4n) is 2.34. The Morgan fingerprint density at radius 2 is 1.95 bits per heavy atom. The molecule has 5 nitrogen and oxygen atoms in total. The molecule has 0 aliphatic carbocycles. The molecule has 0 bridgehead atoms. The van der Waals surface area contributed by atoms with Crippen LogP contribution in [0.5, 0.6) is 0 Å². The van der Waals surface area contributed by atoms with E-state index < -0.39 is 11.5 Å². The Kier molecular flexibility index (Phi) is 4.54. The van der Waals surface area contributed by atoms with Crippen molar-refractivity contribution in [1.82, 2.24) is 4.90 Å². The zero-order chi connectivity index (χ0) is 16.3. The Hall–Kier alpha value is -2.30. The molecule has 0 fully saturated rings. The van der Waals surface area contributed by atoms with Gasteiger partial charge in [-0.1, -0.05) is 30.3 Å². The Bertz CT molecular complexity index is 604. The van der Waals surface area contributed by atoms with Crippen LogP contribution in [-0.4, -0.2) is 35.7 Å². The van der Waals surface area contributed by atoms with Gasteiger partial charge < -0.3 is 9.47 Å². The maximum absolute atomic E-state index is 12.9. The Balaban J connectivity index is 2.36. The molecule has 1 aromatic rings. The van der Waals surface area contributed by atoms with Crippen molar-refractivity contribution in [3.8, 4) is 0 Å². The van der Waals surface area contributed by atoms with Crippen LogP contribution in [0.25, 0.3) is 5.57 Å². The van der Waals surface area contributed by atoms with Crippen molar-refractivity contribution in [2.75, 3.05) is 13.3 Å². The van der Waals surface area contributed by atoms with Crippen LogP contribution in [0.2, 0.25) is 0 Å². The Morgan fingerprint density at radius 1 is 1.32 bits per heavy atom. The molecule has 1 aromatic carbocycles. The first-order valence-electron chi connectivity index (χ1n) is 7.28. The predicted molar refractivity (Wildman–Crippen MR) is 82.5 cm³/mol. The lowest BCUT2D eigenvalue weighted by molar-refractivity contribution is -0.165. The smallest absolute Gasteiger partial charge is 0.331 e. The number of esters is 1. The van der Waals surface area contributed by atoms with Crippen LogP contribution in [0.3, 0.4) is 0 Å². The average Bonchev–Trinajstić information content (AvgIpc) is 2.48. The molecule has 0 unspecified atom stereocenters. The van der Waals surface area contributed by atoms with Gasteiger partial charge in [0.25, 0.3) is 5.91 Å². The van der Waals surface area contributed by atoms with Crippen molar-refractivity contribution in [1.29, 1.82) is 0 Å². The van der Waals surface area contributed by atoms with E-state index in [2.05, 4.69) is 0 Å². The maximum atomic E-state index is 12.9. The fraction of sp³-hybridized carbons (Fsp3) is 0.412. The number of nitrogens with zero attached hydrogens (tertiary/aromatic N) is 1. The number of ether oxygens (including phenoxy) is 2. The molecule has 0 saturated carbocycles. The van der Waals surface area contributed by atoms with E-state index in [1.54, 1.807) is 27.7 Å². The molecule has 0 radical (unpaired) electrons. The monoisotopic (exact) mass is 303 g/mol. The van der Waals surface area contributed by atoms with Crippen LogP contribution in [0.1, 0.15) is 33.3 Å². The molecule has 0 atom stereocenters. The average molecular weight is 303 g/mol. The molecular formula is C17H21NO4. The summed E-state index contributed by atoms with van der Waals surface area (Å²) in [6.07, 6.45) is 0. The summed E-state index contributed by atoms with van der Waals surface area (Å²) in [7, 11) is 0. The van der Waals surface area contributed by atoms with Gasteiger partial charge in [-0.25, -0.2) is 4.79 Å². The fourth-order valence-corrected chi connectivity index (χ4v) is 2.34. The molecule has 5 heteroatoms. The molecule has 1 heterocycles. The third kappa shape index (κ3) is 2.84. The number of carbonyl (C=O) groups excluding carboxylic acids is 2. The topological polar surface area (TPSA) is 55.8 Å². The van der Waals surface area contributed by atoms with Gasteiger partial charge in [0.2, 0.25) is 0 Å². The lowest BCUT2D eigenvalue weighted by Gasteiger charge is -2.39. The predicted octanol–water partition coefficient (Wildman–Crippen LogP) is 2.58. The summed E-state index contributed by atoms with van der Waals surface area (Å²) >= 11 is 0. The van der Waals surface area contributed by atoms with E-state index >= 15 is 0 Å². The molecule has 2 rings (SSSR count). The second-order valence-electron chi connectivity index (χ2n) is 5.58. The number of amides is 1. The maximum Gasteiger partial charge on any atom is 0.331 e. The van der Waals surface area contributed by atoms with Crippen LogP contribution in [0, 0.1) is 0 Å². The summed E-state index contributed by atoms with van der Waals surface area (Å²) in [6.45, 7) is 7.13. The second-order valence-corrected chi connectivity index (χ2v) is 5.58. The first kappa shape index (κ1) is 16.1. The molecule has 1 aliphatic rings. The zero-order valence-electron chi connectivity index (χ0n) is 13.4. The third-order valence-electron chi connectivity index (χ3n) is 3.73. The summed E-state index contributed by atoms with van der Waals surface area (Å²) in [6, 6.07) is 9.30. The van der Waals surface area contributed by atoms with E-state index in [0.717, 1.165) is 5.56 Å². The van der Waals surface area contributed by atoms with Gasteiger partial charge in [-0.05, 0) is 33.3 Å². The third-order valence-corrected chi connectivity index (χ3v) is 3.73. The van der Waals surface area contributed by atoms with Crippen LogP contribution in [0.4, 0.5) is 0 Å². The normalized spacial score (nSPS) is 15.6. The molecule has 0 aromatic heterocycles. The molecule has 1 aliphatic heterocycles. The highest BCUT2D eigenvalue weighted by molar-refractivity contribution is 6.21. The molecular weight excluding hydrogens is 282 g/mol. The SMILES string of the molecule is CCOC(=O)C(C)(C)N1COC(C)=C(c2ccccc2)C1=O. The van der Waals surface area contributed by atoms with E-state index in [-0.39, 0.29) is 19.2 Å². The van der Waals surface area contributed by atoms with Gasteiger partial charge in [0.15, 0.2) is 6.73 Å². The summed E-state index contributed by atoms with van der Waals surface area (Å²) < 4.78 is 10.7. The standard InChI is InChI=1S/C17H21NO4/c1-5-21-16(20)17(3,4)18-11-22-12(2)14(15(18)19)13-9-7-6-8-10-13/h6-10H,5,11H2,1-4H3. The van der Waals surface area contributed by atoms with Gasteiger partial charge in [-0.2, -0.15) is 0 Å². The van der Waals surface area contributed by atoms with Gasteiger partial charge >= 0.3 is 5.97 Å². The van der Waals surface area contributed by atoms with Crippen molar-refractivity contribution in [2.24, 2.45) is 0 Å². The molecule has 1 amide bonds. The highest BCUT2D eigenvalue weighted by Crippen LogP contribution is 2.30. The van der Waals surface area contributed by atoms with Gasteiger partial charge in [0.1, 0.15) is 11.3 Å². The van der Waals surface area contributed by atoms with Crippen LogP contribution in [-0.2, 0) is 19.1 Å². The second kappa shape index (κ2) is 6.22. The minimum atomic E-state index is -1.09. The van der Waals surface area contributed by atoms with Crippen molar-refractivity contribution in [3.05, 3.63) is 41.7 Å². The number of allylic oxidation sites excluding steroid dienone is 1. The number of carbonyl (C=O) groups is 2. The Labute approximate surface area is 130 Å². The highest BCUT2D eigenvalue weighted by Gasteiger charge is 2.43. The lowest BCUT2D eigenvalue weighted by atomic mass is 9.97. The van der Waals surface area contributed by atoms with Gasteiger partial charge in [0.05, 0.1) is 12.2 Å². The summed E-state index contributed by atoms with van der Waals surface area (Å²) in [5.41, 5.74) is 0.159. The van der Waals surface area contributed by atoms with Crippen molar-refractivity contribution in [2.45, 2.75) is 33.2 Å². The molecule has 0 N–H and O–H groups in total. The van der Waals surface area contributed by atoms with Crippen molar-refractivity contribution < 1.29 is 19.1 Å². The van der Waals surface area contributed by atoms with E-state index in [4.69, 9.17) is 9.47 Å². The van der Waals surface area contributed by atoms with Crippen molar-refractivity contribution >= 4 is 17.4 Å². The lowest BCUT2D eigenvalue weighted by Crippen LogP contribution is -2.56. The number of benzene rings is 1. The zero-order valence-corrected chi connectivity index (χ0v) is 13.4. The summed E-state index contributed by atoms with van der Waals surface area (Å²) in [5, 5.41) is 0. The highest BCUT2D eigenvalue weighted by atomic mass is 16.5. The van der Waals surface area contributed by atoms with Gasteiger partial charge in [-0.3, -0.25) is 9.69 Å². The molecule has 0 saturated heterocycles. The van der Waals surface area contributed by atoms with Crippen LogP contribution < -0.4 is 0 Å². The number of rotatable bonds is 4. The van der Waals surface area contributed by atoms with E-state index in [9.17, 15) is 9.59 Å². The molecule has 0 spiro atoms. The minimum Gasteiger partial charge on any atom is -0.477 e. The largest absolute Gasteiger partial charge is 0.477 e. The molecule has 22 heavy (non-hydrogen) atoms. The first-order valence-corrected chi connectivity index (χ1v) is 7.28. The van der Waals surface area contributed by atoms with Crippen LogP contribution >= 0.6 is 0 Å². The van der Waals surface area contributed by atoms with Crippen molar-refractivity contribution in [3.63, 3.8) is 0 Å². The van der Waals surface area contributed by atoms with E-state index in [0.29, 0.717) is 11.3 Å². The number of hydrogen-bond acceptors (Lipinski definition) is 4. The summed E-state index contributed by atoms with van der Waals surface area (Å²) in [5.74, 6) is -0.112. The number of hydrogen-bond donors (Lipinski definition) is 0. The van der Waals surface area contributed by atoms with E-state index in [1.165, 1.54) is 4.90 Å².